The number of anilines is 1. The van der Waals surface area contributed by atoms with E-state index in [0.29, 0.717) is 11.3 Å². The summed E-state index contributed by atoms with van der Waals surface area (Å²) in [4.78, 5) is 35.4. The highest BCUT2D eigenvalue weighted by molar-refractivity contribution is 5.96. The van der Waals surface area contributed by atoms with Crippen LogP contribution in [-0.2, 0) is 14.3 Å². The molecule has 6 nitrogen and oxygen atoms in total. The smallest absolute Gasteiger partial charge is 0.338 e. The van der Waals surface area contributed by atoms with Gasteiger partial charge in [-0.25, -0.2) is 4.79 Å². The zero-order chi connectivity index (χ0) is 22.4. The van der Waals surface area contributed by atoms with Crippen LogP contribution in [0.3, 0.4) is 0 Å². The lowest BCUT2D eigenvalue weighted by molar-refractivity contribution is -0.131. The minimum Gasteiger partial charge on any atom is -0.452 e. The summed E-state index contributed by atoms with van der Waals surface area (Å²) >= 11 is 0. The predicted molar refractivity (Wildman–Crippen MR) is 118 cm³/mol. The third-order valence-corrected chi connectivity index (χ3v) is 4.65. The summed E-state index contributed by atoms with van der Waals surface area (Å²) in [6.45, 7) is 4.78. The first-order chi connectivity index (χ1) is 14.8. The minimum absolute atomic E-state index is 0.347. The Kier molecular flexibility index (Phi) is 6.82. The molecule has 0 saturated heterocycles. The first-order valence-electron chi connectivity index (χ1n) is 9.75. The van der Waals surface area contributed by atoms with Crippen molar-refractivity contribution >= 4 is 23.5 Å². The van der Waals surface area contributed by atoms with Crippen molar-refractivity contribution in [2.45, 2.75) is 20.8 Å². The third kappa shape index (κ3) is 5.79. The van der Waals surface area contributed by atoms with Gasteiger partial charge in [-0.1, -0.05) is 42.5 Å². The lowest BCUT2D eigenvalue weighted by atomic mass is 10.0. The van der Waals surface area contributed by atoms with Gasteiger partial charge < -0.3 is 14.8 Å². The first-order valence-corrected chi connectivity index (χ1v) is 9.75. The maximum Gasteiger partial charge on any atom is 0.338 e. The minimum atomic E-state index is -0.576. The Labute approximate surface area is 180 Å². The normalized spacial score (nSPS) is 10.3. The van der Waals surface area contributed by atoms with Gasteiger partial charge in [0, 0.05) is 12.6 Å². The summed E-state index contributed by atoms with van der Waals surface area (Å²) in [6.07, 6.45) is 0. The Bertz CT molecular complexity index is 1080. The zero-order valence-electron chi connectivity index (χ0n) is 17.6. The van der Waals surface area contributed by atoms with Gasteiger partial charge in [-0.15, -0.1) is 0 Å². The maximum absolute atomic E-state index is 12.3. The quantitative estimate of drug-likeness (QED) is 0.465. The Morgan fingerprint density at radius 3 is 1.90 bits per heavy atom. The zero-order valence-corrected chi connectivity index (χ0v) is 17.6. The van der Waals surface area contributed by atoms with Crippen LogP contribution in [0.15, 0.2) is 66.7 Å². The van der Waals surface area contributed by atoms with E-state index in [0.717, 1.165) is 27.9 Å². The lowest BCUT2D eigenvalue weighted by Crippen LogP contribution is -2.21. The molecule has 0 atom stereocenters. The summed E-state index contributed by atoms with van der Waals surface area (Å²) in [5.74, 6) is -0.877. The fourth-order valence-electron chi connectivity index (χ4n) is 3.08. The molecule has 3 aromatic carbocycles. The van der Waals surface area contributed by atoms with Crippen LogP contribution in [-0.4, -0.2) is 24.5 Å². The van der Waals surface area contributed by atoms with Crippen molar-refractivity contribution in [3.05, 3.63) is 83.4 Å². The van der Waals surface area contributed by atoms with Gasteiger partial charge in [0.1, 0.15) is 5.75 Å². The lowest BCUT2D eigenvalue weighted by Gasteiger charge is -2.11. The van der Waals surface area contributed by atoms with Gasteiger partial charge in [-0.3, -0.25) is 9.59 Å². The van der Waals surface area contributed by atoms with Crippen LogP contribution in [0.1, 0.15) is 28.4 Å². The number of amides is 1. The highest BCUT2D eigenvalue weighted by atomic mass is 16.5. The van der Waals surface area contributed by atoms with Gasteiger partial charge in [0.15, 0.2) is 6.61 Å². The van der Waals surface area contributed by atoms with Crippen LogP contribution in [0, 0.1) is 13.8 Å². The van der Waals surface area contributed by atoms with E-state index < -0.39 is 11.9 Å². The molecule has 158 valence electrons. The molecule has 0 aliphatic rings. The number of rotatable bonds is 6. The van der Waals surface area contributed by atoms with E-state index in [4.69, 9.17) is 9.47 Å². The number of nitrogens with one attached hydrogen (secondary N) is 1. The fourth-order valence-corrected chi connectivity index (χ4v) is 3.08. The van der Waals surface area contributed by atoms with E-state index in [1.807, 2.05) is 44.2 Å². The van der Waals surface area contributed by atoms with Gasteiger partial charge in [-0.05, 0) is 60.4 Å². The Hall–Kier alpha value is -3.93. The Morgan fingerprint density at radius 2 is 1.35 bits per heavy atom. The second-order valence-corrected chi connectivity index (χ2v) is 7.09. The standard InChI is InChI=1S/C25H23NO5/c1-16-5-4-6-17(2)24(16)26-23(28)15-30-25(29)21-9-7-19(8-10-21)20-11-13-22(14-12-20)31-18(3)27/h4-14H,15H2,1-3H3,(H,26,28). The average Bonchev–Trinajstić information content (AvgIpc) is 2.75. The van der Waals surface area contributed by atoms with E-state index in [2.05, 4.69) is 5.32 Å². The Balaban J connectivity index is 1.57. The molecule has 0 aliphatic heterocycles. The van der Waals surface area contributed by atoms with Crippen molar-refractivity contribution in [2.24, 2.45) is 0 Å². The molecule has 0 spiro atoms. The summed E-state index contributed by atoms with van der Waals surface area (Å²) in [7, 11) is 0. The highest BCUT2D eigenvalue weighted by Crippen LogP contribution is 2.23. The predicted octanol–water partition coefficient (Wildman–Crippen LogP) is 4.69. The fraction of sp³-hybridized carbons (Fsp3) is 0.160. The SMILES string of the molecule is CC(=O)Oc1ccc(-c2ccc(C(=O)OCC(=O)Nc3c(C)cccc3C)cc2)cc1. The number of esters is 2. The van der Waals surface area contributed by atoms with E-state index in [9.17, 15) is 14.4 Å². The molecule has 3 aromatic rings. The van der Waals surface area contributed by atoms with E-state index in [-0.39, 0.29) is 12.6 Å². The number of hydrogen-bond donors (Lipinski definition) is 1. The molecule has 0 radical (unpaired) electrons. The molecule has 0 aromatic heterocycles. The van der Waals surface area contributed by atoms with E-state index in [1.54, 1.807) is 36.4 Å². The monoisotopic (exact) mass is 417 g/mol. The molecule has 0 fully saturated rings. The second-order valence-electron chi connectivity index (χ2n) is 7.09. The third-order valence-electron chi connectivity index (χ3n) is 4.65. The number of aryl methyl sites for hydroxylation is 2. The van der Waals surface area contributed by atoms with Crippen LogP contribution in [0.5, 0.6) is 5.75 Å². The second kappa shape index (κ2) is 9.71. The van der Waals surface area contributed by atoms with Gasteiger partial charge in [0.2, 0.25) is 0 Å². The van der Waals surface area contributed by atoms with Crippen LogP contribution in [0.25, 0.3) is 11.1 Å². The number of carbonyl (C=O) groups excluding carboxylic acids is 3. The molecule has 6 heteroatoms. The number of hydrogen-bond acceptors (Lipinski definition) is 5. The van der Waals surface area contributed by atoms with Gasteiger partial charge >= 0.3 is 11.9 Å². The van der Waals surface area contributed by atoms with Crippen LogP contribution in [0.2, 0.25) is 0 Å². The maximum atomic E-state index is 12.3. The van der Waals surface area contributed by atoms with Crippen molar-refractivity contribution < 1.29 is 23.9 Å². The average molecular weight is 417 g/mol. The number of para-hydroxylation sites is 1. The number of carbonyl (C=O) groups is 3. The molecular formula is C25H23NO5. The largest absolute Gasteiger partial charge is 0.452 e. The summed E-state index contributed by atoms with van der Waals surface area (Å²) < 4.78 is 10.2. The molecule has 31 heavy (non-hydrogen) atoms. The number of benzene rings is 3. The summed E-state index contributed by atoms with van der Waals surface area (Å²) in [5, 5.41) is 2.78. The van der Waals surface area contributed by atoms with Crippen LogP contribution in [0.4, 0.5) is 5.69 Å². The summed E-state index contributed by atoms with van der Waals surface area (Å²) in [6, 6.07) is 19.6. The molecule has 3 rings (SSSR count). The molecule has 0 bridgehead atoms. The molecule has 0 unspecified atom stereocenters. The highest BCUT2D eigenvalue weighted by Gasteiger charge is 2.12. The Morgan fingerprint density at radius 1 is 0.806 bits per heavy atom. The molecule has 1 amide bonds. The summed E-state index contributed by atoms with van der Waals surface area (Å²) in [5.41, 5.74) is 4.75. The van der Waals surface area contributed by atoms with Crippen molar-refractivity contribution in [3.8, 4) is 16.9 Å². The van der Waals surface area contributed by atoms with Crippen molar-refractivity contribution in [3.63, 3.8) is 0 Å². The van der Waals surface area contributed by atoms with Crippen LogP contribution >= 0.6 is 0 Å². The van der Waals surface area contributed by atoms with E-state index in [1.165, 1.54) is 6.92 Å². The first kappa shape index (κ1) is 21.8. The molecular weight excluding hydrogens is 394 g/mol. The molecule has 0 aliphatic carbocycles. The molecule has 0 saturated carbocycles. The van der Waals surface area contributed by atoms with Crippen molar-refractivity contribution in [1.29, 1.82) is 0 Å². The molecule has 1 N–H and O–H groups in total. The van der Waals surface area contributed by atoms with E-state index >= 15 is 0 Å². The topological polar surface area (TPSA) is 81.7 Å². The number of ether oxygens (including phenoxy) is 2. The van der Waals surface area contributed by atoms with Crippen molar-refractivity contribution in [1.82, 2.24) is 0 Å². The van der Waals surface area contributed by atoms with Crippen LogP contribution < -0.4 is 10.1 Å². The van der Waals surface area contributed by atoms with Gasteiger partial charge in [0.05, 0.1) is 5.56 Å². The van der Waals surface area contributed by atoms with Gasteiger partial charge in [0.25, 0.3) is 5.91 Å². The molecule has 0 heterocycles. The van der Waals surface area contributed by atoms with Gasteiger partial charge in [-0.2, -0.15) is 0 Å². The van der Waals surface area contributed by atoms with Crippen molar-refractivity contribution in [2.75, 3.05) is 11.9 Å².